The summed E-state index contributed by atoms with van der Waals surface area (Å²) in [6, 6.07) is 0.585. The highest BCUT2D eigenvalue weighted by molar-refractivity contribution is 14.0. The molecule has 136 valence electrons. The molecule has 1 saturated carbocycles. The normalized spacial score (nSPS) is 26.7. The Bertz CT molecular complexity index is 370. The smallest absolute Gasteiger partial charge is 0.191 e. The first kappa shape index (κ1) is 21.4. The third-order valence-corrected chi connectivity index (χ3v) is 6.28. The Morgan fingerprint density at radius 2 is 1.91 bits per heavy atom. The van der Waals surface area contributed by atoms with E-state index in [0.717, 1.165) is 17.8 Å². The van der Waals surface area contributed by atoms with Gasteiger partial charge in [-0.3, -0.25) is 9.89 Å². The van der Waals surface area contributed by atoms with E-state index >= 15 is 0 Å². The molecule has 0 spiro atoms. The molecule has 2 unspecified atom stereocenters. The number of halogens is 1. The largest absolute Gasteiger partial charge is 0.355 e. The minimum atomic E-state index is 0. The van der Waals surface area contributed by atoms with Crippen molar-refractivity contribution in [3.8, 4) is 0 Å². The number of guanidine groups is 1. The Morgan fingerprint density at radius 1 is 1.22 bits per heavy atom. The SMILES string of the molecule is CN=C(NCC(C)(C)N1CCCCC1)NC1CCC(SC)C1.I. The fourth-order valence-corrected chi connectivity index (χ4v) is 4.38. The monoisotopic (exact) mass is 454 g/mol. The fourth-order valence-electron chi connectivity index (χ4n) is 3.58. The number of hydrogen-bond acceptors (Lipinski definition) is 3. The second-order valence-corrected chi connectivity index (χ2v) is 8.44. The van der Waals surface area contributed by atoms with Gasteiger partial charge in [0.25, 0.3) is 0 Å². The van der Waals surface area contributed by atoms with Gasteiger partial charge in [-0.1, -0.05) is 6.42 Å². The molecule has 2 N–H and O–H groups in total. The van der Waals surface area contributed by atoms with E-state index in [1.54, 1.807) is 0 Å². The Labute approximate surface area is 164 Å². The predicted octanol–water partition coefficient (Wildman–Crippen LogP) is 3.32. The van der Waals surface area contributed by atoms with Crippen LogP contribution in [0.15, 0.2) is 4.99 Å². The first-order valence-corrected chi connectivity index (χ1v) is 10.1. The number of piperidine rings is 1. The molecule has 1 aliphatic carbocycles. The highest BCUT2D eigenvalue weighted by Gasteiger charge is 2.29. The third kappa shape index (κ3) is 6.61. The molecule has 1 saturated heterocycles. The maximum atomic E-state index is 4.42. The van der Waals surface area contributed by atoms with Gasteiger partial charge in [0.2, 0.25) is 0 Å². The van der Waals surface area contributed by atoms with Crippen molar-refractivity contribution in [1.82, 2.24) is 15.5 Å². The molecule has 1 aliphatic heterocycles. The summed E-state index contributed by atoms with van der Waals surface area (Å²) in [7, 11) is 1.88. The third-order valence-electron chi connectivity index (χ3n) is 5.18. The van der Waals surface area contributed by atoms with Crippen LogP contribution in [0.2, 0.25) is 0 Å². The van der Waals surface area contributed by atoms with E-state index in [1.165, 1.54) is 51.6 Å². The van der Waals surface area contributed by atoms with Crippen LogP contribution < -0.4 is 10.6 Å². The zero-order chi connectivity index (χ0) is 16.0. The number of thioether (sulfide) groups is 1. The summed E-state index contributed by atoms with van der Waals surface area (Å²) in [4.78, 5) is 7.04. The van der Waals surface area contributed by atoms with Crippen LogP contribution in [0.5, 0.6) is 0 Å². The Morgan fingerprint density at radius 3 is 2.48 bits per heavy atom. The number of nitrogens with zero attached hydrogens (tertiary/aromatic N) is 2. The van der Waals surface area contributed by atoms with Crippen molar-refractivity contribution >= 4 is 41.7 Å². The predicted molar refractivity (Wildman–Crippen MR) is 114 cm³/mol. The summed E-state index contributed by atoms with van der Waals surface area (Å²) in [5.74, 6) is 0.969. The number of rotatable bonds is 5. The van der Waals surface area contributed by atoms with E-state index in [0.29, 0.717) is 6.04 Å². The molecule has 2 aliphatic rings. The van der Waals surface area contributed by atoms with Gasteiger partial charge in [-0.15, -0.1) is 24.0 Å². The van der Waals surface area contributed by atoms with Crippen molar-refractivity contribution in [2.75, 3.05) is 32.9 Å². The molecule has 2 atom stereocenters. The van der Waals surface area contributed by atoms with E-state index in [9.17, 15) is 0 Å². The molecule has 0 amide bonds. The van der Waals surface area contributed by atoms with Gasteiger partial charge in [-0.05, 0) is 65.3 Å². The molecular formula is C17H35IN4S. The summed E-state index contributed by atoms with van der Waals surface area (Å²) in [6.45, 7) is 8.11. The van der Waals surface area contributed by atoms with Crippen LogP contribution in [-0.2, 0) is 0 Å². The van der Waals surface area contributed by atoms with Gasteiger partial charge in [0.1, 0.15) is 0 Å². The summed E-state index contributed by atoms with van der Waals surface area (Å²) in [5.41, 5.74) is 0.190. The van der Waals surface area contributed by atoms with Crippen molar-refractivity contribution < 1.29 is 0 Å². The van der Waals surface area contributed by atoms with Crippen LogP contribution >= 0.6 is 35.7 Å². The molecule has 0 aromatic carbocycles. The summed E-state index contributed by atoms with van der Waals surface area (Å²) in [5, 5.41) is 7.99. The van der Waals surface area contributed by atoms with Gasteiger partial charge in [0, 0.05) is 30.4 Å². The highest BCUT2D eigenvalue weighted by atomic mass is 127. The molecule has 4 nitrogen and oxygen atoms in total. The van der Waals surface area contributed by atoms with E-state index < -0.39 is 0 Å². The summed E-state index contributed by atoms with van der Waals surface area (Å²) in [6.07, 6.45) is 10.2. The zero-order valence-corrected chi connectivity index (χ0v) is 18.4. The van der Waals surface area contributed by atoms with Gasteiger partial charge in [-0.25, -0.2) is 0 Å². The molecule has 6 heteroatoms. The second kappa shape index (κ2) is 10.3. The van der Waals surface area contributed by atoms with Crippen molar-refractivity contribution in [1.29, 1.82) is 0 Å². The average molecular weight is 454 g/mol. The topological polar surface area (TPSA) is 39.7 Å². The molecule has 1 heterocycles. The van der Waals surface area contributed by atoms with E-state index in [1.807, 2.05) is 18.8 Å². The van der Waals surface area contributed by atoms with Gasteiger partial charge < -0.3 is 10.6 Å². The highest BCUT2D eigenvalue weighted by Crippen LogP contribution is 2.28. The molecular weight excluding hydrogens is 419 g/mol. The second-order valence-electron chi connectivity index (χ2n) is 7.30. The first-order chi connectivity index (χ1) is 10.5. The minimum Gasteiger partial charge on any atom is -0.355 e. The van der Waals surface area contributed by atoms with Crippen molar-refractivity contribution in [2.45, 2.75) is 69.2 Å². The lowest BCUT2D eigenvalue weighted by atomic mass is 9.98. The number of aliphatic imine (C=N–C) groups is 1. The van der Waals surface area contributed by atoms with Crippen LogP contribution in [0.4, 0.5) is 0 Å². The number of hydrogen-bond donors (Lipinski definition) is 2. The molecule has 2 fully saturated rings. The van der Waals surface area contributed by atoms with Crippen LogP contribution in [0.3, 0.4) is 0 Å². The molecule has 2 rings (SSSR count). The van der Waals surface area contributed by atoms with Crippen molar-refractivity contribution in [2.24, 2.45) is 4.99 Å². The molecule has 0 bridgehead atoms. The molecule has 0 radical (unpaired) electrons. The van der Waals surface area contributed by atoms with Gasteiger partial charge in [-0.2, -0.15) is 11.8 Å². The minimum absolute atomic E-state index is 0. The zero-order valence-electron chi connectivity index (χ0n) is 15.2. The van der Waals surface area contributed by atoms with Gasteiger partial charge in [0.05, 0.1) is 0 Å². The Hall–Kier alpha value is 0.310. The van der Waals surface area contributed by atoms with E-state index in [-0.39, 0.29) is 29.5 Å². The number of likely N-dealkylation sites (tertiary alicyclic amines) is 1. The van der Waals surface area contributed by atoms with Crippen molar-refractivity contribution in [3.05, 3.63) is 0 Å². The average Bonchev–Trinajstić information content (AvgIpc) is 3.00. The lowest BCUT2D eigenvalue weighted by molar-refractivity contribution is 0.0982. The van der Waals surface area contributed by atoms with Gasteiger partial charge in [0.15, 0.2) is 5.96 Å². The fraction of sp³-hybridized carbons (Fsp3) is 0.941. The van der Waals surface area contributed by atoms with Crippen LogP contribution in [0, 0.1) is 0 Å². The number of nitrogens with one attached hydrogen (secondary N) is 2. The van der Waals surface area contributed by atoms with Gasteiger partial charge >= 0.3 is 0 Å². The van der Waals surface area contributed by atoms with Crippen LogP contribution in [-0.4, -0.2) is 60.6 Å². The first-order valence-electron chi connectivity index (χ1n) is 8.80. The van der Waals surface area contributed by atoms with E-state index in [4.69, 9.17) is 0 Å². The maximum Gasteiger partial charge on any atom is 0.191 e. The standard InChI is InChI=1S/C17H34N4S.HI/c1-17(2,21-10-6-5-7-11-21)13-19-16(18-3)20-14-8-9-15(12-14)22-4;/h14-15H,5-13H2,1-4H3,(H2,18,19,20);1H. The van der Waals surface area contributed by atoms with Crippen molar-refractivity contribution in [3.63, 3.8) is 0 Å². The lowest BCUT2D eigenvalue weighted by Crippen LogP contribution is -2.55. The van der Waals surface area contributed by atoms with E-state index in [2.05, 4.69) is 40.6 Å². The summed E-state index contributed by atoms with van der Waals surface area (Å²) < 4.78 is 0. The Kier molecular flexibility index (Phi) is 9.59. The molecule has 23 heavy (non-hydrogen) atoms. The summed E-state index contributed by atoms with van der Waals surface area (Å²) >= 11 is 2.00. The molecule has 0 aromatic rings. The van der Waals surface area contributed by atoms with Crippen LogP contribution in [0.25, 0.3) is 0 Å². The maximum absolute atomic E-state index is 4.42. The molecule has 0 aromatic heterocycles. The Balaban J connectivity index is 0.00000264. The van der Waals surface area contributed by atoms with Crippen LogP contribution in [0.1, 0.15) is 52.4 Å². The quantitative estimate of drug-likeness (QED) is 0.380. The lowest BCUT2D eigenvalue weighted by Gasteiger charge is -2.41.